The van der Waals surface area contributed by atoms with Gasteiger partial charge in [0.15, 0.2) is 5.16 Å². The quantitative estimate of drug-likeness (QED) is 0.148. The van der Waals surface area contributed by atoms with Gasteiger partial charge in [-0.2, -0.15) is 4.98 Å². The van der Waals surface area contributed by atoms with E-state index in [0.717, 1.165) is 20.3 Å². The van der Waals surface area contributed by atoms with Gasteiger partial charge in [0, 0.05) is 14.7 Å². The second-order valence-corrected chi connectivity index (χ2v) is 8.74. The van der Waals surface area contributed by atoms with E-state index >= 15 is 0 Å². The Hall–Kier alpha value is -3.62. The van der Waals surface area contributed by atoms with Crippen molar-refractivity contribution in [3.8, 4) is 0 Å². The number of benzene rings is 3. The van der Waals surface area contributed by atoms with Gasteiger partial charge in [-0.25, -0.2) is 4.98 Å². The first-order valence-electron chi connectivity index (χ1n) is 9.65. The van der Waals surface area contributed by atoms with Crippen LogP contribution in [0.4, 0.5) is 11.5 Å². The van der Waals surface area contributed by atoms with Gasteiger partial charge in [0.2, 0.25) is 5.82 Å². The minimum absolute atomic E-state index is 0.160. The summed E-state index contributed by atoms with van der Waals surface area (Å²) in [6.45, 7) is 0. The highest BCUT2D eigenvalue weighted by molar-refractivity contribution is 8.08. The molecular formula is C24H18N4O2S2. The van der Waals surface area contributed by atoms with Crippen molar-refractivity contribution in [2.24, 2.45) is 0 Å². The monoisotopic (exact) mass is 458 g/mol. The van der Waals surface area contributed by atoms with Crippen LogP contribution in [0, 0.1) is 10.1 Å². The molecule has 0 spiro atoms. The Balaban J connectivity index is 1.82. The molecule has 1 heterocycles. The Labute approximate surface area is 193 Å². The summed E-state index contributed by atoms with van der Waals surface area (Å²) in [5.74, 6) is -0.160. The van der Waals surface area contributed by atoms with Crippen LogP contribution >= 0.6 is 23.5 Å². The van der Waals surface area contributed by atoms with Crippen molar-refractivity contribution in [1.29, 1.82) is 0 Å². The highest BCUT2D eigenvalue weighted by Gasteiger charge is 2.23. The van der Waals surface area contributed by atoms with Crippen molar-refractivity contribution in [3.63, 3.8) is 0 Å². The number of nitrogens with two attached hydrogens (primary N) is 1. The molecule has 0 unspecified atom stereocenters. The molecule has 0 radical (unpaired) electrons. The molecule has 8 heteroatoms. The predicted octanol–water partition coefficient (Wildman–Crippen LogP) is 6.41. The molecular weight excluding hydrogens is 440 g/mol. The van der Waals surface area contributed by atoms with Crippen LogP contribution in [0.3, 0.4) is 0 Å². The molecule has 0 saturated carbocycles. The van der Waals surface area contributed by atoms with Gasteiger partial charge in [-0.1, -0.05) is 78.5 Å². The Morgan fingerprint density at radius 1 is 0.844 bits per heavy atom. The van der Waals surface area contributed by atoms with Crippen LogP contribution in [0.2, 0.25) is 0 Å². The largest absolute Gasteiger partial charge is 0.378 e. The number of nitrogens with zero attached hydrogens (tertiary/aromatic N) is 3. The van der Waals surface area contributed by atoms with Gasteiger partial charge >= 0.3 is 5.69 Å². The van der Waals surface area contributed by atoms with E-state index in [1.165, 1.54) is 23.5 Å². The van der Waals surface area contributed by atoms with E-state index < -0.39 is 4.92 Å². The van der Waals surface area contributed by atoms with E-state index in [1.54, 1.807) is 6.08 Å². The fourth-order valence-corrected chi connectivity index (χ4v) is 4.67. The smallest absolute Gasteiger partial charge is 0.336 e. The minimum Gasteiger partial charge on any atom is -0.378 e. The van der Waals surface area contributed by atoms with Crippen molar-refractivity contribution < 1.29 is 4.92 Å². The summed E-state index contributed by atoms with van der Waals surface area (Å²) < 4.78 is 0. The number of anilines is 1. The highest BCUT2D eigenvalue weighted by atomic mass is 32.2. The van der Waals surface area contributed by atoms with E-state index in [0.29, 0.717) is 5.16 Å². The van der Waals surface area contributed by atoms with E-state index in [1.807, 2.05) is 91.0 Å². The Morgan fingerprint density at radius 3 is 2.00 bits per heavy atom. The first-order chi connectivity index (χ1) is 15.6. The number of rotatable bonds is 7. The second-order valence-electron chi connectivity index (χ2n) is 6.59. The van der Waals surface area contributed by atoms with Crippen LogP contribution in [0.1, 0.15) is 11.3 Å². The molecule has 4 rings (SSSR count). The molecule has 3 aromatic carbocycles. The third-order valence-electron chi connectivity index (χ3n) is 4.35. The third-order valence-corrected chi connectivity index (χ3v) is 6.30. The minimum atomic E-state index is -0.534. The molecule has 0 aliphatic carbocycles. The van der Waals surface area contributed by atoms with Gasteiger partial charge in [-0.15, -0.1) is 0 Å². The molecule has 0 bridgehead atoms. The van der Waals surface area contributed by atoms with Gasteiger partial charge in [-0.05, 0) is 47.7 Å². The summed E-state index contributed by atoms with van der Waals surface area (Å²) in [6.07, 6.45) is 1.71. The number of nitro groups is 1. The molecule has 4 aromatic rings. The molecule has 0 saturated heterocycles. The number of aromatic nitrogens is 2. The van der Waals surface area contributed by atoms with Gasteiger partial charge in [0.1, 0.15) is 5.69 Å². The molecule has 32 heavy (non-hydrogen) atoms. The molecule has 0 aliphatic heterocycles. The third kappa shape index (κ3) is 5.35. The summed E-state index contributed by atoms with van der Waals surface area (Å²) in [4.78, 5) is 22.7. The molecule has 0 fully saturated rings. The number of hydrogen-bond donors (Lipinski definition) is 1. The van der Waals surface area contributed by atoms with E-state index in [2.05, 4.69) is 9.97 Å². The first-order valence-corrected chi connectivity index (χ1v) is 11.3. The van der Waals surface area contributed by atoms with Gasteiger partial charge in [0.05, 0.1) is 4.92 Å². The topological polar surface area (TPSA) is 94.9 Å². The Bertz CT molecular complexity index is 1250. The zero-order valence-electron chi connectivity index (χ0n) is 16.8. The number of thioether (sulfide) groups is 1. The van der Waals surface area contributed by atoms with Crippen LogP contribution in [0.25, 0.3) is 11.0 Å². The van der Waals surface area contributed by atoms with Crippen molar-refractivity contribution in [2.75, 3.05) is 5.73 Å². The average Bonchev–Trinajstić information content (AvgIpc) is 2.80. The molecule has 158 valence electrons. The Kier molecular flexibility index (Phi) is 6.84. The van der Waals surface area contributed by atoms with E-state index in [9.17, 15) is 10.1 Å². The fourth-order valence-electron chi connectivity index (χ4n) is 2.91. The van der Waals surface area contributed by atoms with E-state index in [-0.39, 0.29) is 17.2 Å². The zero-order chi connectivity index (χ0) is 22.3. The fraction of sp³-hybridized carbons (Fsp3) is 0. The lowest BCUT2D eigenvalue weighted by Crippen LogP contribution is -2.05. The normalized spacial score (nSPS) is 11.3. The number of hydrogen-bond acceptors (Lipinski definition) is 7. The lowest BCUT2D eigenvalue weighted by Gasteiger charge is -2.09. The first kappa shape index (κ1) is 21.6. The standard InChI is InChI=1S/C24H18N4O2S2/c25-23-22(28(29)30)20(26-24(27-23)32-19-14-8-3-9-15-19)16-21(17-10-4-1-5-11-17)31-18-12-6-2-7-13-18/h1-16H,(H2,25,26,27)/b21-16-. The lowest BCUT2D eigenvalue weighted by atomic mass is 10.2. The van der Waals surface area contributed by atoms with Crippen LogP contribution in [-0.4, -0.2) is 14.9 Å². The van der Waals surface area contributed by atoms with Crippen LogP contribution in [0.5, 0.6) is 0 Å². The van der Waals surface area contributed by atoms with Gasteiger partial charge in [-0.3, -0.25) is 10.1 Å². The van der Waals surface area contributed by atoms with Crippen LogP contribution in [-0.2, 0) is 0 Å². The molecule has 1 aromatic heterocycles. The molecule has 0 aliphatic rings. The summed E-state index contributed by atoms with van der Waals surface area (Å²) in [5.41, 5.74) is 6.79. The number of nitrogen functional groups attached to an aromatic ring is 1. The summed E-state index contributed by atoms with van der Waals surface area (Å²) in [5, 5.41) is 12.1. The maximum absolute atomic E-state index is 11.8. The van der Waals surface area contributed by atoms with Crippen molar-refractivity contribution in [1.82, 2.24) is 9.97 Å². The van der Waals surface area contributed by atoms with Gasteiger partial charge in [0.25, 0.3) is 0 Å². The summed E-state index contributed by atoms with van der Waals surface area (Å²) in [7, 11) is 0. The van der Waals surface area contributed by atoms with Crippen molar-refractivity contribution >= 4 is 46.0 Å². The maximum Gasteiger partial charge on any atom is 0.336 e. The molecule has 2 N–H and O–H groups in total. The van der Waals surface area contributed by atoms with Crippen molar-refractivity contribution in [3.05, 3.63) is 112 Å². The molecule has 0 amide bonds. The Morgan fingerprint density at radius 2 is 1.41 bits per heavy atom. The van der Waals surface area contributed by atoms with E-state index in [4.69, 9.17) is 5.73 Å². The maximum atomic E-state index is 11.8. The van der Waals surface area contributed by atoms with Crippen LogP contribution < -0.4 is 5.73 Å². The van der Waals surface area contributed by atoms with Crippen LogP contribution in [0.15, 0.2) is 106 Å². The highest BCUT2D eigenvalue weighted by Crippen LogP contribution is 2.38. The second kappa shape index (κ2) is 10.1. The average molecular weight is 459 g/mol. The lowest BCUT2D eigenvalue weighted by molar-refractivity contribution is -0.384. The SMILES string of the molecule is Nc1nc(Sc2ccccc2)nc(/C=C(\Sc2ccccc2)c2ccccc2)c1[N+](=O)[O-]. The summed E-state index contributed by atoms with van der Waals surface area (Å²) >= 11 is 2.81. The summed E-state index contributed by atoms with van der Waals surface area (Å²) in [6, 6.07) is 29.1. The van der Waals surface area contributed by atoms with Crippen molar-refractivity contribution in [2.45, 2.75) is 14.9 Å². The molecule has 6 nitrogen and oxygen atoms in total. The zero-order valence-corrected chi connectivity index (χ0v) is 18.4. The van der Waals surface area contributed by atoms with Gasteiger partial charge < -0.3 is 5.73 Å². The molecule has 0 atom stereocenters. The predicted molar refractivity (Wildman–Crippen MR) is 130 cm³/mol.